The zero-order chi connectivity index (χ0) is 55.0. The monoisotopic (exact) mass is 1060 g/mol. The van der Waals surface area contributed by atoms with Crippen molar-refractivity contribution >= 4 is 65.4 Å². The van der Waals surface area contributed by atoms with Gasteiger partial charge >= 0.3 is 0 Å². The Hall–Kier alpha value is -11.4. The molecule has 0 saturated heterocycles. The molecule has 12 aromatic carbocycles. The van der Waals surface area contributed by atoms with Crippen molar-refractivity contribution < 1.29 is 0 Å². The molecular weight excluding hydrogens is 1010 g/mol. The number of aromatic nitrogens is 5. The van der Waals surface area contributed by atoms with Crippen molar-refractivity contribution in [1.82, 2.24) is 23.7 Å². The summed E-state index contributed by atoms with van der Waals surface area (Å²) in [6, 6.07) is 106. The molecule has 16 rings (SSSR count). The van der Waals surface area contributed by atoms with Crippen LogP contribution in [0.15, 0.2) is 291 Å². The van der Waals surface area contributed by atoms with Crippen LogP contribution in [0.4, 0.5) is 0 Å². The van der Waals surface area contributed by atoms with E-state index in [1.54, 1.807) is 0 Å². The molecule has 386 valence electrons. The molecule has 0 N–H and O–H groups in total. The summed E-state index contributed by atoms with van der Waals surface area (Å²) in [5.74, 6) is 0.645. The molecule has 0 spiro atoms. The summed E-state index contributed by atoms with van der Waals surface area (Å²) >= 11 is 0. The number of benzene rings is 12. The maximum absolute atomic E-state index is 10.3. The van der Waals surface area contributed by atoms with Crippen LogP contribution in [0, 0.1) is 11.3 Å². The summed E-state index contributed by atoms with van der Waals surface area (Å²) in [5.41, 5.74) is 20.9. The molecule has 0 aliphatic carbocycles. The molecule has 0 aliphatic rings. The van der Waals surface area contributed by atoms with E-state index in [0.717, 1.165) is 122 Å². The molecule has 0 unspecified atom stereocenters. The highest BCUT2D eigenvalue weighted by Gasteiger charge is 2.25. The van der Waals surface area contributed by atoms with E-state index in [9.17, 15) is 5.26 Å². The molecule has 0 bridgehead atoms. The fourth-order valence-electron chi connectivity index (χ4n) is 12.8. The Morgan fingerprint density at radius 2 is 0.663 bits per heavy atom. The average molecular weight is 1060 g/mol. The van der Waals surface area contributed by atoms with Gasteiger partial charge in [0.25, 0.3) is 0 Å². The van der Waals surface area contributed by atoms with Gasteiger partial charge in [-0.1, -0.05) is 200 Å². The average Bonchev–Trinajstić information content (AvgIpc) is 4.03. The lowest BCUT2D eigenvalue weighted by Crippen LogP contribution is -2.04. The first-order valence-corrected chi connectivity index (χ1v) is 28.0. The first-order valence-electron chi connectivity index (χ1n) is 28.0. The Kier molecular flexibility index (Phi) is 11.2. The fourth-order valence-corrected chi connectivity index (χ4v) is 12.8. The minimum absolute atomic E-state index is 0.637. The van der Waals surface area contributed by atoms with E-state index >= 15 is 0 Å². The Morgan fingerprint density at radius 1 is 0.265 bits per heavy atom. The van der Waals surface area contributed by atoms with E-state index in [1.807, 2.05) is 48.5 Å². The molecular formula is C77H48N6. The van der Waals surface area contributed by atoms with E-state index in [0.29, 0.717) is 11.4 Å². The molecule has 0 aliphatic heterocycles. The highest BCUT2D eigenvalue weighted by atomic mass is 15.0. The van der Waals surface area contributed by atoms with Crippen LogP contribution in [0.2, 0.25) is 0 Å². The standard InChI is InChI=1S/C77H48N6/c78-49-55-25-7-8-30-59(55)54-41-42-75-67(45-54)64-35-13-18-40-74(64)83(75)76-65(52-26-19-28-57(43-52)81-70-36-14-9-31-60(70)61-32-10-15-37-71(61)81)46-56(69-48-68(50-21-3-1-4-22-50)79-77(80-69)51-23-5-2-6-24-51)47-66(76)53-27-20-29-58(44-53)82-72-38-16-11-33-62(72)63-34-12-17-39-73(63)82/h1-48H. The number of para-hydroxylation sites is 5. The molecule has 0 fully saturated rings. The van der Waals surface area contributed by atoms with E-state index in [4.69, 9.17) is 9.97 Å². The topological polar surface area (TPSA) is 64.4 Å². The van der Waals surface area contributed by atoms with Crippen LogP contribution in [0.5, 0.6) is 0 Å². The predicted octanol–water partition coefficient (Wildman–Crippen LogP) is 19.6. The Labute approximate surface area is 478 Å². The van der Waals surface area contributed by atoms with Gasteiger partial charge in [-0.2, -0.15) is 5.26 Å². The van der Waals surface area contributed by atoms with Gasteiger partial charge in [0.05, 0.1) is 61.8 Å². The zero-order valence-electron chi connectivity index (χ0n) is 44.9. The molecule has 0 saturated carbocycles. The molecule has 0 atom stereocenters. The highest BCUT2D eigenvalue weighted by Crippen LogP contribution is 2.47. The molecule has 6 heteroatoms. The normalized spacial score (nSPS) is 11.6. The summed E-state index contributed by atoms with van der Waals surface area (Å²) in [7, 11) is 0. The van der Waals surface area contributed by atoms with Crippen LogP contribution in [0.3, 0.4) is 0 Å². The van der Waals surface area contributed by atoms with Crippen LogP contribution in [0.1, 0.15) is 5.56 Å². The van der Waals surface area contributed by atoms with Crippen LogP contribution in [-0.4, -0.2) is 23.7 Å². The lowest BCUT2D eigenvalue weighted by molar-refractivity contribution is 1.16. The van der Waals surface area contributed by atoms with Crippen LogP contribution in [0.25, 0.3) is 150 Å². The summed E-state index contributed by atoms with van der Waals surface area (Å²) in [6.07, 6.45) is 0. The third-order valence-electron chi connectivity index (χ3n) is 16.5. The number of hydrogen-bond acceptors (Lipinski definition) is 3. The maximum atomic E-state index is 10.3. The summed E-state index contributed by atoms with van der Waals surface area (Å²) in [4.78, 5) is 10.8. The smallest absolute Gasteiger partial charge is 0.160 e. The van der Waals surface area contributed by atoms with Crippen molar-refractivity contribution in [2.24, 2.45) is 0 Å². The first-order chi connectivity index (χ1) is 41.1. The number of nitriles is 1. The van der Waals surface area contributed by atoms with E-state index in [1.165, 1.54) is 21.5 Å². The molecule has 16 aromatic rings. The van der Waals surface area contributed by atoms with E-state index in [-0.39, 0.29) is 0 Å². The minimum Gasteiger partial charge on any atom is -0.309 e. The lowest BCUT2D eigenvalue weighted by atomic mass is 9.91. The highest BCUT2D eigenvalue weighted by molar-refractivity contribution is 6.13. The van der Waals surface area contributed by atoms with Crippen LogP contribution >= 0.6 is 0 Å². The van der Waals surface area contributed by atoms with Crippen molar-refractivity contribution in [3.63, 3.8) is 0 Å². The Balaban J connectivity index is 1.04. The SMILES string of the molecule is N#Cc1ccccc1-c1ccc2c(c1)c1ccccc1n2-c1c(-c2cccc(-n3c4ccccc4c4ccccc43)c2)cc(-c2cc(-c3ccccc3)nc(-c3ccccc3)n2)cc1-c1cccc(-n2c3ccccc3c3ccccc32)c1. The van der Waals surface area contributed by atoms with Gasteiger partial charge in [0.15, 0.2) is 5.82 Å². The summed E-state index contributed by atoms with van der Waals surface area (Å²) in [5, 5.41) is 17.4. The number of hydrogen-bond donors (Lipinski definition) is 0. The van der Waals surface area contributed by atoms with Crippen molar-refractivity contribution in [1.29, 1.82) is 5.26 Å². The van der Waals surface area contributed by atoms with Crippen molar-refractivity contribution in [2.75, 3.05) is 0 Å². The third-order valence-corrected chi connectivity index (χ3v) is 16.5. The summed E-state index contributed by atoms with van der Waals surface area (Å²) < 4.78 is 7.28. The van der Waals surface area contributed by atoms with Gasteiger partial charge in [0.1, 0.15) is 0 Å². The van der Waals surface area contributed by atoms with Crippen molar-refractivity contribution in [3.8, 4) is 90.4 Å². The van der Waals surface area contributed by atoms with E-state index < -0.39 is 0 Å². The predicted molar refractivity (Wildman–Crippen MR) is 342 cm³/mol. The summed E-state index contributed by atoms with van der Waals surface area (Å²) in [6.45, 7) is 0. The lowest BCUT2D eigenvalue weighted by Gasteiger charge is -2.22. The molecule has 4 aromatic heterocycles. The van der Waals surface area contributed by atoms with Gasteiger partial charge in [-0.25, -0.2) is 9.97 Å². The van der Waals surface area contributed by atoms with E-state index in [2.05, 4.69) is 262 Å². The Morgan fingerprint density at radius 3 is 1.18 bits per heavy atom. The van der Waals surface area contributed by atoms with Gasteiger partial charge in [0.2, 0.25) is 0 Å². The maximum Gasteiger partial charge on any atom is 0.160 e. The molecule has 83 heavy (non-hydrogen) atoms. The second-order valence-corrected chi connectivity index (χ2v) is 21.2. The largest absolute Gasteiger partial charge is 0.309 e. The molecule has 4 heterocycles. The molecule has 6 nitrogen and oxygen atoms in total. The van der Waals surface area contributed by atoms with Gasteiger partial charge in [-0.15, -0.1) is 0 Å². The second kappa shape index (κ2) is 19.5. The number of nitrogens with zero attached hydrogens (tertiary/aromatic N) is 6. The second-order valence-electron chi connectivity index (χ2n) is 21.2. The number of fused-ring (bicyclic) bond motifs is 9. The van der Waals surface area contributed by atoms with Gasteiger partial charge in [0, 0.05) is 71.5 Å². The minimum atomic E-state index is 0.637. The van der Waals surface area contributed by atoms with Crippen molar-refractivity contribution in [2.45, 2.75) is 0 Å². The first kappa shape index (κ1) is 47.6. The van der Waals surface area contributed by atoms with Crippen molar-refractivity contribution in [3.05, 3.63) is 297 Å². The van der Waals surface area contributed by atoms with Crippen LogP contribution < -0.4 is 0 Å². The third kappa shape index (κ3) is 7.86. The van der Waals surface area contributed by atoms with Crippen LogP contribution in [-0.2, 0) is 0 Å². The van der Waals surface area contributed by atoms with Gasteiger partial charge in [-0.3, -0.25) is 0 Å². The quantitative estimate of drug-likeness (QED) is 0.145. The Bertz CT molecular complexity index is 4950. The van der Waals surface area contributed by atoms with Gasteiger partial charge in [-0.05, 0) is 113 Å². The zero-order valence-corrected chi connectivity index (χ0v) is 44.9. The fraction of sp³-hybridized carbons (Fsp3) is 0. The molecule has 0 amide bonds. The molecule has 0 radical (unpaired) electrons. The van der Waals surface area contributed by atoms with Gasteiger partial charge < -0.3 is 13.7 Å². The number of rotatable bonds is 9.